The number of amides is 1. The van der Waals surface area contributed by atoms with Gasteiger partial charge < -0.3 is 15.2 Å². The summed E-state index contributed by atoms with van der Waals surface area (Å²) in [4.78, 5) is 21.7. The lowest BCUT2D eigenvalue weighted by atomic mass is 9.95. The molecule has 0 saturated heterocycles. The first-order valence-corrected chi connectivity index (χ1v) is 12.5. The monoisotopic (exact) mass is 530 g/mol. The molecule has 0 aliphatic heterocycles. The number of anilines is 1. The molecule has 1 aliphatic rings. The zero-order valence-electron chi connectivity index (χ0n) is 20.1. The van der Waals surface area contributed by atoms with Crippen molar-refractivity contribution >= 4 is 27.6 Å². The number of aliphatic carboxylic acids is 1. The number of carbonyl (C=O) groups excluding carboxylic acids is 1. The quantitative estimate of drug-likeness (QED) is 0.423. The van der Waals surface area contributed by atoms with Crippen LogP contribution in [0.15, 0.2) is 47.4 Å². The maximum Gasteiger partial charge on any atom is 0.490 e. The number of carboxylic acid groups (broad SMARTS) is 1. The minimum Gasteiger partial charge on any atom is -0.475 e. The van der Waals surface area contributed by atoms with E-state index in [2.05, 4.69) is 10.0 Å². The molecule has 3 N–H and O–H groups in total. The van der Waals surface area contributed by atoms with Crippen molar-refractivity contribution in [3.8, 4) is 0 Å². The molecule has 0 heterocycles. The van der Waals surface area contributed by atoms with E-state index in [1.165, 1.54) is 0 Å². The Morgan fingerprint density at radius 2 is 1.64 bits per heavy atom. The van der Waals surface area contributed by atoms with Gasteiger partial charge in [0, 0.05) is 25.9 Å². The second-order valence-corrected chi connectivity index (χ2v) is 10.1. The number of nitrogens with one attached hydrogen (secondary N) is 2. The predicted molar refractivity (Wildman–Crippen MR) is 127 cm³/mol. The van der Waals surface area contributed by atoms with Gasteiger partial charge in [0.05, 0.1) is 10.3 Å². The molecule has 0 aromatic heterocycles. The second kappa shape index (κ2) is 11.7. The standard InChI is InChI=1S/C22H28N2O4S.C2HF3O2/c1-16-5-10-20(15-17(16)2)29(26,27)24-19-8-6-18(7-9-19)22(11-12-22)21(25)23-13-4-14-28-3;3-2(4,5)1(6)7/h5-10,15,24H,4,11-14H2,1-3H3,(H,23,25);(H,6,7). The highest BCUT2D eigenvalue weighted by atomic mass is 32.2. The van der Waals surface area contributed by atoms with Crippen LogP contribution in [0.25, 0.3) is 0 Å². The van der Waals surface area contributed by atoms with E-state index in [0.717, 1.165) is 36.0 Å². The smallest absolute Gasteiger partial charge is 0.475 e. The third kappa shape index (κ3) is 7.69. The fourth-order valence-corrected chi connectivity index (χ4v) is 4.46. The fraction of sp³-hybridized carbons (Fsp3) is 0.417. The molecular formula is C24H29F3N2O6S. The number of rotatable bonds is 9. The number of methoxy groups -OCH3 is 1. The molecule has 0 spiro atoms. The van der Waals surface area contributed by atoms with Gasteiger partial charge in [0.15, 0.2) is 0 Å². The lowest BCUT2D eigenvalue weighted by molar-refractivity contribution is -0.192. The highest BCUT2D eigenvalue weighted by Crippen LogP contribution is 2.48. The highest BCUT2D eigenvalue weighted by Gasteiger charge is 2.51. The van der Waals surface area contributed by atoms with E-state index >= 15 is 0 Å². The molecule has 1 aliphatic carbocycles. The summed E-state index contributed by atoms with van der Waals surface area (Å²) >= 11 is 0. The zero-order chi connectivity index (χ0) is 27.1. The number of alkyl halides is 3. The minimum atomic E-state index is -5.08. The molecule has 2 aromatic carbocycles. The number of hydrogen-bond acceptors (Lipinski definition) is 5. The third-order valence-corrected chi connectivity index (χ3v) is 7.10. The number of hydrogen-bond donors (Lipinski definition) is 3. The molecule has 36 heavy (non-hydrogen) atoms. The van der Waals surface area contributed by atoms with Crippen molar-refractivity contribution in [3.63, 3.8) is 0 Å². The van der Waals surface area contributed by atoms with Gasteiger partial charge in [0.25, 0.3) is 10.0 Å². The Morgan fingerprint density at radius 1 is 1.06 bits per heavy atom. The molecular weight excluding hydrogens is 501 g/mol. The molecule has 3 rings (SSSR count). The normalized spacial score (nSPS) is 14.3. The van der Waals surface area contributed by atoms with Crippen LogP contribution < -0.4 is 10.0 Å². The highest BCUT2D eigenvalue weighted by molar-refractivity contribution is 7.92. The summed E-state index contributed by atoms with van der Waals surface area (Å²) in [6, 6.07) is 12.2. The lowest BCUT2D eigenvalue weighted by Gasteiger charge is -2.17. The van der Waals surface area contributed by atoms with Crippen LogP contribution in [-0.2, 0) is 29.8 Å². The van der Waals surface area contributed by atoms with Gasteiger partial charge in [0.1, 0.15) is 0 Å². The van der Waals surface area contributed by atoms with E-state index in [-0.39, 0.29) is 10.8 Å². The van der Waals surface area contributed by atoms with Crippen molar-refractivity contribution in [3.05, 3.63) is 59.2 Å². The number of sulfonamides is 1. The second-order valence-electron chi connectivity index (χ2n) is 8.42. The molecule has 0 radical (unpaired) electrons. The Morgan fingerprint density at radius 3 is 2.11 bits per heavy atom. The number of carbonyl (C=O) groups is 2. The van der Waals surface area contributed by atoms with Crippen molar-refractivity contribution in [2.24, 2.45) is 0 Å². The minimum absolute atomic E-state index is 0.0251. The first kappa shape index (κ1) is 29.1. The van der Waals surface area contributed by atoms with Gasteiger partial charge in [-0.3, -0.25) is 9.52 Å². The average Bonchev–Trinajstić information content (AvgIpc) is 3.60. The summed E-state index contributed by atoms with van der Waals surface area (Å²) in [7, 11) is -2.02. The molecule has 0 atom stereocenters. The van der Waals surface area contributed by atoms with Crippen LogP contribution >= 0.6 is 0 Å². The van der Waals surface area contributed by atoms with Crippen LogP contribution in [0.5, 0.6) is 0 Å². The zero-order valence-corrected chi connectivity index (χ0v) is 20.9. The van der Waals surface area contributed by atoms with Gasteiger partial charge in [0.2, 0.25) is 5.91 Å². The Kier molecular flexibility index (Phi) is 9.50. The lowest BCUT2D eigenvalue weighted by Crippen LogP contribution is -2.35. The van der Waals surface area contributed by atoms with Crippen molar-refractivity contribution < 1.29 is 41.0 Å². The summed E-state index contributed by atoms with van der Waals surface area (Å²) in [6.45, 7) is 5.03. The van der Waals surface area contributed by atoms with Crippen LogP contribution in [0.1, 0.15) is 36.0 Å². The van der Waals surface area contributed by atoms with Crippen LogP contribution in [0.4, 0.5) is 18.9 Å². The number of halogens is 3. The molecule has 1 amide bonds. The average molecular weight is 531 g/mol. The SMILES string of the molecule is COCCCNC(=O)C1(c2ccc(NS(=O)(=O)c3ccc(C)c(C)c3)cc2)CC1.O=C(O)C(F)(F)F. The molecule has 198 valence electrons. The van der Waals surface area contributed by atoms with E-state index in [0.29, 0.717) is 18.8 Å². The topological polar surface area (TPSA) is 122 Å². The summed E-state index contributed by atoms with van der Waals surface area (Å²) in [5.74, 6) is -2.73. The number of carboxylic acids is 1. The first-order chi connectivity index (χ1) is 16.7. The molecule has 2 aromatic rings. The number of benzene rings is 2. The van der Waals surface area contributed by atoms with E-state index in [1.807, 2.05) is 26.0 Å². The molecule has 12 heteroatoms. The van der Waals surface area contributed by atoms with Gasteiger partial charge in [-0.25, -0.2) is 13.2 Å². The van der Waals surface area contributed by atoms with Crippen LogP contribution in [0.2, 0.25) is 0 Å². The number of ether oxygens (including phenoxy) is 1. The number of aryl methyl sites for hydroxylation is 2. The van der Waals surface area contributed by atoms with Crippen molar-refractivity contribution in [2.45, 2.75) is 49.6 Å². The summed E-state index contributed by atoms with van der Waals surface area (Å²) < 4.78 is 64.7. The third-order valence-electron chi connectivity index (χ3n) is 5.72. The molecule has 1 saturated carbocycles. The van der Waals surface area contributed by atoms with Gasteiger partial charge in [-0.2, -0.15) is 13.2 Å². The largest absolute Gasteiger partial charge is 0.490 e. The summed E-state index contributed by atoms with van der Waals surface area (Å²) in [5.41, 5.74) is 2.87. The fourth-order valence-electron chi connectivity index (χ4n) is 3.31. The van der Waals surface area contributed by atoms with E-state index < -0.39 is 27.6 Å². The van der Waals surface area contributed by atoms with E-state index in [9.17, 15) is 26.4 Å². The van der Waals surface area contributed by atoms with E-state index in [4.69, 9.17) is 14.6 Å². The molecule has 8 nitrogen and oxygen atoms in total. The first-order valence-electron chi connectivity index (χ1n) is 11.0. The Labute approximate surface area is 207 Å². The van der Waals surface area contributed by atoms with Gasteiger partial charge in [-0.05, 0) is 74.1 Å². The van der Waals surface area contributed by atoms with Gasteiger partial charge in [-0.1, -0.05) is 18.2 Å². The Balaban J connectivity index is 0.000000572. The van der Waals surface area contributed by atoms with Crippen LogP contribution in [-0.4, -0.2) is 51.8 Å². The molecule has 1 fully saturated rings. The maximum absolute atomic E-state index is 12.7. The maximum atomic E-state index is 12.7. The van der Waals surface area contributed by atoms with Crippen LogP contribution in [0, 0.1) is 13.8 Å². The Hall–Kier alpha value is -3.12. The van der Waals surface area contributed by atoms with Crippen LogP contribution in [0.3, 0.4) is 0 Å². The van der Waals surface area contributed by atoms with Crippen molar-refractivity contribution in [2.75, 3.05) is 25.0 Å². The van der Waals surface area contributed by atoms with Gasteiger partial charge >= 0.3 is 12.1 Å². The molecule has 0 bridgehead atoms. The molecule has 0 unspecified atom stereocenters. The predicted octanol–water partition coefficient (Wildman–Crippen LogP) is 3.92. The summed E-state index contributed by atoms with van der Waals surface area (Å²) in [6.07, 6.45) is -2.70. The van der Waals surface area contributed by atoms with Crippen molar-refractivity contribution in [1.29, 1.82) is 0 Å². The van der Waals surface area contributed by atoms with Crippen molar-refractivity contribution in [1.82, 2.24) is 5.32 Å². The summed E-state index contributed by atoms with van der Waals surface area (Å²) in [5, 5.41) is 10.1. The van der Waals surface area contributed by atoms with Gasteiger partial charge in [-0.15, -0.1) is 0 Å². The van der Waals surface area contributed by atoms with E-state index in [1.54, 1.807) is 37.4 Å². The Bertz CT molecular complexity index is 1180.